The summed E-state index contributed by atoms with van der Waals surface area (Å²) in [4.78, 5) is 18.5. The number of carbonyl (C=O) groups is 1. The summed E-state index contributed by atoms with van der Waals surface area (Å²) in [6.07, 6.45) is 2.19. The number of benzene rings is 1. The Bertz CT molecular complexity index is 776. The van der Waals surface area contributed by atoms with Crippen molar-refractivity contribution in [3.8, 4) is 0 Å². The molecule has 0 saturated carbocycles. The maximum Gasteiger partial charge on any atom is 0.318 e. The molecule has 1 saturated heterocycles. The predicted molar refractivity (Wildman–Crippen MR) is 93.4 cm³/mol. The Morgan fingerprint density at radius 2 is 2.08 bits per heavy atom. The Morgan fingerprint density at radius 1 is 1.29 bits per heavy atom. The highest BCUT2D eigenvalue weighted by Gasteiger charge is 2.30. The third-order valence-corrected chi connectivity index (χ3v) is 6.41. The summed E-state index contributed by atoms with van der Waals surface area (Å²) in [6, 6.07) is 9.15. The summed E-state index contributed by atoms with van der Waals surface area (Å²) in [5.41, 5.74) is 1.02. The molecule has 2 aromatic rings. The van der Waals surface area contributed by atoms with Gasteiger partial charge in [-0.1, -0.05) is 30.3 Å². The van der Waals surface area contributed by atoms with Gasteiger partial charge in [0.15, 0.2) is 9.84 Å². The maximum atomic E-state index is 12.6. The molecule has 1 aromatic heterocycles. The van der Waals surface area contributed by atoms with Gasteiger partial charge in [-0.25, -0.2) is 18.2 Å². The predicted octanol–water partition coefficient (Wildman–Crippen LogP) is 2.04. The normalized spacial score (nSPS) is 19.1. The van der Waals surface area contributed by atoms with Crippen molar-refractivity contribution in [2.75, 3.05) is 11.5 Å². The van der Waals surface area contributed by atoms with Crippen LogP contribution in [-0.2, 0) is 22.9 Å². The lowest BCUT2D eigenvalue weighted by molar-refractivity contribution is 0.189. The number of sulfone groups is 1. The number of hydrogen-bond acceptors (Lipinski definition) is 5. The standard InChI is InChI=1S/C16H19N3O3S2/c20-16(18-14-6-9-24(21,22)12-14)19(11-15-17-7-8-23-15)10-13-4-2-1-3-5-13/h1-5,7-8,14H,6,9-12H2,(H,18,20). The van der Waals surface area contributed by atoms with Crippen molar-refractivity contribution in [1.29, 1.82) is 0 Å². The van der Waals surface area contributed by atoms with E-state index in [1.807, 2.05) is 35.7 Å². The number of hydrogen-bond donors (Lipinski definition) is 1. The summed E-state index contributed by atoms with van der Waals surface area (Å²) in [7, 11) is -3.02. The van der Waals surface area contributed by atoms with Crippen LogP contribution in [0.5, 0.6) is 0 Å². The summed E-state index contributed by atoms with van der Waals surface area (Å²) in [5.74, 6) is 0.165. The molecule has 3 rings (SSSR count). The Hall–Kier alpha value is -1.93. The van der Waals surface area contributed by atoms with Gasteiger partial charge in [0, 0.05) is 24.2 Å². The van der Waals surface area contributed by atoms with Crippen molar-refractivity contribution in [2.24, 2.45) is 0 Å². The minimum atomic E-state index is -3.02. The number of nitrogens with one attached hydrogen (secondary N) is 1. The molecular formula is C16H19N3O3S2. The third kappa shape index (κ3) is 4.55. The van der Waals surface area contributed by atoms with E-state index in [-0.39, 0.29) is 23.6 Å². The van der Waals surface area contributed by atoms with E-state index in [9.17, 15) is 13.2 Å². The van der Waals surface area contributed by atoms with E-state index in [4.69, 9.17) is 0 Å². The largest absolute Gasteiger partial charge is 0.334 e. The average molecular weight is 365 g/mol. The van der Waals surface area contributed by atoms with E-state index in [0.29, 0.717) is 19.5 Å². The van der Waals surface area contributed by atoms with Crippen molar-refractivity contribution < 1.29 is 13.2 Å². The van der Waals surface area contributed by atoms with Crippen molar-refractivity contribution in [3.05, 3.63) is 52.5 Å². The van der Waals surface area contributed by atoms with Gasteiger partial charge in [0.1, 0.15) is 5.01 Å². The molecule has 1 aliphatic heterocycles. The number of aromatic nitrogens is 1. The van der Waals surface area contributed by atoms with Gasteiger partial charge < -0.3 is 10.2 Å². The van der Waals surface area contributed by atoms with Crippen molar-refractivity contribution in [3.63, 3.8) is 0 Å². The molecule has 1 N–H and O–H groups in total. The molecule has 0 aliphatic carbocycles. The van der Waals surface area contributed by atoms with Gasteiger partial charge in [0.2, 0.25) is 0 Å². The number of carbonyl (C=O) groups excluding carboxylic acids is 1. The highest BCUT2D eigenvalue weighted by molar-refractivity contribution is 7.91. The molecule has 1 unspecified atom stereocenters. The molecule has 2 heterocycles. The Morgan fingerprint density at radius 3 is 2.71 bits per heavy atom. The van der Waals surface area contributed by atoms with Crippen molar-refractivity contribution in [2.45, 2.75) is 25.6 Å². The van der Waals surface area contributed by atoms with E-state index in [0.717, 1.165) is 10.6 Å². The number of thiazole rings is 1. The molecule has 1 aliphatic rings. The average Bonchev–Trinajstić information content (AvgIpc) is 3.17. The van der Waals surface area contributed by atoms with Crippen LogP contribution in [0, 0.1) is 0 Å². The van der Waals surface area contributed by atoms with Crippen LogP contribution in [0.2, 0.25) is 0 Å². The second-order valence-corrected chi connectivity index (χ2v) is 9.02. The zero-order valence-electron chi connectivity index (χ0n) is 13.1. The summed E-state index contributed by atoms with van der Waals surface area (Å²) < 4.78 is 23.1. The molecule has 1 aromatic carbocycles. The lowest BCUT2D eigenvalue weighted by Crippen LogP contribution is -2.44. The molecule has 24 heavy (non-hydrogen) atoms. The van der Waals surface area contributed by atoms with Gasteiger partial charge in [0.05, 0.1) is 18.1 Å². The Labute approximate surface area is 145 Å². The van der Waals surface area contributed by atoms with Gasteiger partial charge in [0.25, 0.3) is 0 Å². The maximum absolute atomic E-state index is 12.6. The summed E-state index contributed by atoms with van der Waals surface area (Å²) in [5, 5.41) is 5.57. The molecular weight excluding hydrogens is 346 g/mol. The van der Waals surface area contributed by atoms with Crippen LogP contribution < -0.4 is 5.32 Å². The van der Waals surface area contributed by atoms with Crippen LogP contribution in [0.1, 0.15) is 17.0 Å². The Balaban J connectivity index is 1.69. The molecule has 8 heteroatoms. The highest BCUT2D eigenvalue weighted by atomic mass is 32.2. The van der Waals surface area contributed by atoms with Gasteiger partial charge in [-0.05, 0) is 12.0 Å². The number of nitrogens with zero attached hydrogens (tertiary/aromatic N) is 2. The van der Waals surface area contributed by atoms with E-state index in [2.05, 4.69) is 10.3 Å². The molecule has 6 nitrogen and oxygen atoms in total. The van der Waals surface area contributed by atoms with Crippen LogP contribution in [0.15, 0.2) is 41.9 Å². The monoisotopic (exact) mass is 365 g/mol. The smallest absolute Gasteiger partial charge is 0.318 e. The van der Waals surface area contributed by atoms with Crippen LogP contribution in [0.3, 0.4) is 0 Å². The molecule has 128 valence electrons. The first-order valence-electron chi connectivity index (χ1n) is 7.70. The van der Waals surface area contributed by atoms with Crippen molar-refractivity contribution >= 4 is 27.2 Å². The minimum absolute atomic E-state index is 0.0230. The first-order valence-corrected chi connectivity index (χ1v) is 10.4. The van der Waals surface area contributed by atoms with E-state index in [1.165, 1.54) is 11.3 Å². The number of rotatable bonds is 5. The third-order valence-electron chi connectivity index (χ3n) is 3.87. The minimum Gasteiger partial charge on any atom is -0.334 e. The van der Waals surface area contributed by atoms with Gasteiger partial charge in [-0.15, -0.1) is 11.3 Å². The second kappa shape index (κ2) is 7.31. The van der Waals surface area contributed by atoms with Crippen LogP contribution >= 0.6 is 11.3 Å². The van der Waals surface area contributed by atoms with Crippen LogP contribution in [-0.4, -0.2) is 41.9 Å². The molecule has 2 amide bonds. The van der Waals surface area contributed by atoms with Crippen molar-refractivity contribution in [1.82, 2.24) is 15.2 Å². The topological polar surface area (TPSA) is 79.4 Å². The first-order chi connectivity index (χ1) is 11.5. The zero-order chi connectivity index (χ0) is 17.0. The number of urea groups is 1. The lowest BCUT2D eigenvalue weighted by atomic mass is 10.2. The molecule has 1 fully saturated rings. The Kier molecular flexibility index (Phi) is 5.15. The van der Waals surface area contributed by atoms with E-state index >= 15 is 0 Å². The van der Waals surface area contributed by atoms with Gasteiger partial charge >= 0.3 is 6.03 Å². The summed E-state index contributed by atoms with van der Waals surface area (Å²) >= 11 is 1.49. The number of amides is 2. The molecule has 0 spiro atoms. The SMILES string of the molecule is O=C(NC1CCS(=O)(=O)C1)N(Cc1ccccc1)Cc1nccs1. The molecule has 0 radical (unpaired) electrons. The van der Waals surface area contributed by atoms with Crippen LogP contribution in [0.25, 0.3) is 0 Å². The first kappa shape index (κ1) is 16.9. The molecule has 1 atom stereocenters. The lowest BCUT2D eigenvalue weighted by Gasteiger charge is -2.24. The zero-order valence-corrected chi connectivity index (χ0v) is 14.7. The van der Waals surface area contributed by atoms with E-state index < -0.39 is 9.84 Å². The fraction of sp³-hybridized carbons (Fsp3) is 0.375. The fourth-order valence-corrected chi connectivity index (χ4v) is 4.98. The fourth-order valence-electron chi connectivity index (χ4n) is 2.67. The van der Waals surface area contributed by atoms with Crippen LogP contribution in [0.4, 0.5) is 4.79 Å². The quantitative estimate of drug-likeness (QED) is 0.879. The van der Waals surface area contributed by atoms with Gasteiger partial charge in [-0.2, -0.15) is 0 Å². The van der Waals surface area contributed by atoms with E-state index in [1.54, 1.807) is 11.1 Å². The van der Waals surface area contributed by atoms with Gasteiger partial charge in [-0.3, -0.25) is 0 Å². The second-order valence-electron chi connectivity index (χ2n) is 5.82. The highest BCUT2D eigenvalue weighted by Crippen LogP contribution is 2.15. The molecule has 0 bridgehead atoms. The summed E-state index contributed by atoms with van der Waals surface area (Å²) in [6.45, 7) is 0.851.